The van der Waals surface area contributed by atoms with Crippen LogP contribution in [0.5, 0.6) is 6.01 Å². The molecule has 160 valence electrons. The molecule has 2 aromatic heterocycles. The van der Waals surface area contributed by atoms with Crippen LogP contribution in [0.15, 0.2) is 18.3 Å². The number of carbonyl (C=O) groups is 1. The molecule has 4 heterocycles. The first-order chi connectivity index (χ1) is 14.6. The second kappa shape index (κ2) is 9.25. The van der Waals surface area contributed by atoms with E-state index in [-0.39, 0.29) is 17.9 Å². The van der Waals surface area contributed by atoms with Gasteiger partial charge in [0.15, 0.2) is 5.82 Å². The van der Waals surface area contributed by atoms with Crippen LogP contribution in [-0.4, -0.2) is 50.5 Å². The summed E-state index contributed by atoms with van der Waals surface area (Å²) in [6.45, 7) is 6.59. The quantitative estimate of drug-likeness (QED) is 0.643. The maximum Gasteiger partial charge on any atom is 0.322 e. The molecule has 4 rings (SSSR count). The Hall–Kier alpha value is -2.94. The van der Waals surface area contributed by atoms with Crippen molar-refractivity contribution in [3.8, 4) is 6.01 Å². The monoisotopic (exact) mass is 411 g/mol. The van der Waals surface area contributed by atoms with Crippen LogP contribution in [-0.2, 0) is 19.6 Å². The lowest BCUT2D eigenvalue weighted by atomic mass is 10.2. The third-order valence-electron chi connectivity index (χ3n) is 5.42. The van der Waals surface area contributed by atoms with Crippen molar-refractivity contribution in [1.82, 2.24) is 24.8 Å². The van der Waals surface area contributed by atoms with Crippen LogP contribution in [0.4, 0.5) is 16.3 Å². The number of likely N-dealkylation sites (tertiary alicyclic amines) is 1. The maximum atomic E-state index is 12.6. The van der Waals surface area contributed by atoms with Gasteiger partial charge in [0.1, 0.15) is 5.69 Å². The minimum Gasteiger partial charge on any atom is -0.463 e. The van der Waals surface area contributed by atoms with Crippen LogP contribution in [0.25, 0.3) is 0 Å². The Kier molecular flexibility index (Phi) is 6.27. The highest BCUT2D eigenvalue weighted by Gasteiger charge is 2.27. The van der Waals surface area contributed by atoms with E-state index in [1.165, 1.54) is 12.8 Å². The first kappa shape index (κ1) is 20.3. The number of carbonyl (C=O) groups excluding carboxylic acids is 1. The maximum absolute atomic E-state index is 12.6. The molecule has 0 atom stereocenters. The molecule has 2 amide bonds. The Morgan fingerprint density at radius 2 is 2.03 bits per heavy atom. The molecule has 0 aliphatic carbocycles. The molecule has 3 N–H and O–H groups in total. The van der Waals surface area contributed by atoms with Gasteiger partial charge < -0.3 is 20.7 Å². The predicted molar refractivity (Wildman–Crippen MR) is 114 cm³/mol. The molecule has 1 fully saturated rings. The van der Waals surface area contributed by atoms with E-state index < -0.39 is 0 Å². The molecule has 30 heavy (non-hydrogen) atoms. The Morgan fingerprint density at radius 1 is 1.20 bits per heavy atom. The number of hydrogen-bond donors (Lipinski definition) is 2. The second-order valence-electron chi connectivity index (χ2n) is 7.84. The molecule has 0 bridgehead atoms. The van der Waals surface area contributed by atoms with Crippen molar-refractivity contribution in [2.75, 3.05) is 30.7 Å². The molecule has 9 heteroatoms. The number of nitrogens with two attached hydrogens (primary N) is 1. The highest BCUT2D eigenvalue weighted by atomic mass is 16.5. The zero-order valence-electron chi connectivity index (χ0n) is 17.4. The molecule has 2 aliphatic heterocycles. The zero-order valence-corrected chi connectivity index (χ0v) is 17.4. The Morgan fingerprint density at radius 3 is 2.77 bits per heavy atom. The van der Waals surface area contributed by atoms with Gasteiger partial charge in [0.2, 0.25) is 0 Å². The Balaban J connectivity index is 1.41. The van der Waals surface area contributed by atoms with E-state index >= 15 is 0 Å². The van der Waals surface area contributed by atoms with Crippen molar-refractivity contribution in [2.24, 2.45) is 0 Å². The molecule has 9 nitrogen and oxygen atoms in total. The number of pyridine rings is 1. The number of unbranched alkanes of at least 4 members (excludes halogenated alkanes) is 1. The van der Waals surface area contributed by atoms with E-state index in [1.807, 2.05) is 18.3 Å². The van der Waals surface area contributed by atoms with Crippen molar-refractivity contribution in [3.63, 3.8) is 0 Å². The van der Waals surface area contributed by atoms with E-state index in [0.29, 0.717) is 31.1 Å². The van der Waals surface area contributed by atoms with Gasteiger partial charge in [-0.15, -0.1) is 0 Å². The van der Waals surface area contributed by atoms with Gasteiger partial charge in [0, 0.05) is 19.3 Å². The standard InChI is InChI=1S/C21H29N7O2/c1-2-3-10-30-20-24-17-14-28(21(29)25-18(17)19(22)26-20)12-15-6-7-16(23-11-15)13-27-8-4-5-9-27/h6-7,11H,2-5,8-10,12-14H2,1H3,(H,25,29)(H2,22,24,26). The number of anilines is 2. The fraction of sp³-hybridized carbons (Fsp3) is 0.524. The number of ether oxygens (including phenoxy) is 1. The summed E-state index contributed by atoms with van der Waals surface area (Å²) in [5.74, 6) is 0.229. The van der Waals surface area contributed by atoms with Crippen LogP contribution in [0.2, 0.25) is 0 Å². The minimum absolute atomic E-state index is 0.224. The molecule has 1 saturated heterocycles. The summed E-state index contributed by atoms with van der Waals surface area (Å²) in [6.07, 6.45) is 6.33. The van der Waals surface area contributed by atoms with Gasteiger partial charge >= 0.3 is 12.0 Å². The number of nitrogens with zero attached hydrogens (tertiary/aromatic N) is 5. The average Bonchev–Trinajstić information content (AvgIpc) is 3.24. The number of rotatable bonds is 8. The SMILES string of the molecule is CCCCOc1nc(N)c2c(n1)CN(Cc1ccc(CN3CCCC3)nc1)C(=O)N2. The van der Waals surface area contributed by atoms with Gasteiger partial charge in [-0.2, -0.15) is 9.97 Å². The van der Waals surface area contributed by atoms with E-state index in [1.54, 1.807) is 4.90 Å². The fourth-order valence-corrected chi connectivity index (χ4v) is 3.72. The fourth-order valence-electron chi connectivity index (χ4n) is 3.72. The van der Waals surface area contributed by atoms with Gasteiger partial charge in [-0.1, -0.05) is 19.4 Å². The largest absolute Gasteiger partial charge is 0.463 e. The van der Waals surface area contributed by atoms with Gasteiger partial charge in [0.25, 0.3) is 0 Å². The molecule has 0 aromatic carbocycles. The van der Waals surface area contributed by atoms with E-state index in [0.717, 1.165) is 43.7 Å². The van der Waals surface area contributed by atoms with Crippen molar-refractivity contribution in [3.05, 3.63) is 35.3 Å². The minimum atomic E-state index is -0.224. The van der Waals surface area contributed by atoms with Gasteiger partial charge in [-0.25, -0.2) is 4.79 Å². The number of aromatic nitrogens is 3. The van der Waals surface area contributed by atoms with E-state index in [9.17, 15) is 4.79 Å². The van der Waals surface area contributed by atoms with Crippen LogP contribution >= 0.6 is 0 Å². The average molecular weight is 412 g/mol. The third-order valence-corrected chi connectivity index (χ3v) is 5.42. The summed E-state index contributed by atoms with van der Waals surface area (Å²) in [5, 5.41) is 2.81. The van der Waals surface area contributed by atoms with Crippen LogP contribution in [0.3, 0.4) is 0 Å². The van der Waals surface area contributed by atoms with Crippen molar-refractivity contribution in [1.29, 1.82) is 0 Å². The van der Waals surface area contributed by atoms with E-state index in [4.69, 9.17) is 10.5 Å². The molecule has 0 unspecified atom stereocenters. The van der Waals surface area contributed by atoms with Crippen molar-refractivity contribution in [2.45, 2.75) is 52.2 Å². The lowest BCUT2D eigenvalue weighted by molar-refractivity contribution is 0.202. The predicted octanol–water partition coefficient (Wildman–Crippen LogP) is 2.78. The zero-order chi connectivity index (χ0) is 20.9. The van der Waals surface area contributed by atoms with Crippen molar-refractivity contribution < 1.29 is 9.53 Å². The smallest absolute Gasteiger partial charge is 0.322 e. The molecular weight excluding hydrogens is 382 g/mol. The number of urea groups is 1. The first-order valence-corrected chi connectivity index (χ1v) is 10.6. The molecule has 0 spiro atoms. The normalized spacial score (nSPS) is 16.4. The summed E-state index contributed by atoms with van der Waals surface area (Å²) < 4.78 is 5.59. The number of nitrogen functional groups attached to an aromatic ring is 1. The lowest BCUT2D eigenvalue weighted by Gasteiger charge is -2.29. The molecule has 0 radical (unpaired) electrons. The second-order valence-corrected chi connectivity index (χ2v) is 7.84. The molecular formula is C21H29N7O2. The topological polar surface area (TPSA) is 110 Å². The summed E-state index contributed by atoms with van der Waals surface area (Å²) in [7, 11) is 0. The van der Waals surface area contributed by atoms with Crippen LogP contribution < -0.4 is 15.8 Å². The Labute approximate surface area is 176 Å². The van der Waals surface area contributed by atoms with E-state index in [2.05, 4.69) is 32.1 Å². The highest BCUT2D eigenvalue weighted by Crippen LogP contribution is 2.29. The summed E-state index contributed by atoms with van der Waals surface area (Å²) >= 11 is 0. The molecule has 2 aromatic rings. The summed E-state index contributed by atoms with van der Waals surface area (Å²) in [6, 6.07) is 4.11. The molecule has 0 saturated carbocycles. The van der Waals surface area contributed by atoms with Gasteiger partial charge in [0.05, 0.1) is 24.5 Å². The van der Waals surface area contributed by atoms with Crippen LogP contribution in [0, 0.1) is 0 Å². The van der Waals surface area contributed by atoms with Crippen molar-refractivity contribution >= 4 is 17.5 Å². The van der Waals surface area contributed by atoms with Crippen LogP contribution in [0.1, 0.15) is 49.6 Å². The van der Waals surface area contributed by atoms with Gasteiger partial charge in [-0.05, 0) is 44.0 Å². The number of hydrogen-bond acceptors (Lipinski definition) is 7. The highest BCUT2D eigenvalue weighted by molar-refractivity contribution is 5.94. The van der Waals surface area contributed by atoms with Gasteiger partial charge in [-0.3, -0.25) is 9.88 Å². The number of nitrogens with one attached hydrogen (secondary N) is 1. The first-order valence-electron chi connectivity index (χ1n) is 10.6. The number of fused-ring (bicyclic) bond motifs is 1. The number of amides is 2. The molecule has 2 aliphatic rings. The Bertz CT molecular complexity index is 882. The summed E-state index contributed by atoms with van der Waals surface area (Å²) in [4.78, 5) is 29.8. The summed E-state index contributed by atoms with van der Waals surface area (Å²) in [5.41, 5.74) is 9.17. The third kappa shape index (κ3) is 4.79. The lowest BCUT2D eigenvalue weighted by Crippen LogP contribution is -2.39.